The summed E-state index contributed by atoms with van der Waals surface area (Å²) in [6.45, 7) is 3.57. The lowest BCUT2D eigenvalue weighted by Crippen LogP contribution is -2.15. The van der Waals surface area contributed by atoms with Crippen LogP contribution >= 0.6 is 0 Å². The monoisotopic (exact) mass is 267 g/mol. The van der Waals surface area contributed by atoms with Crippen molar-refractivity contribution in [3.05, 3.63) is 42.2 Å². The predicted molar refractivity (Wildman–Crippen MR) is 72.2 cm³/mol. The van der Waals surface area contributed by atoms with Crippen LogP contribution in [-0.2, 0) is 6.54 Å². The SMILES string of the molecule is CCNCc1c(-n2cnc(C#N)n2)nc2ccccn12. The van der Waals surface area contributed by atoms with E-state index in [1.807, 2.05) is 41.8 Å². The first-order chi connectivity index (χ1) is 9.83. The van der Waals surface area contributed by atoms with Gasteiger partial charge in [-0.2, -0.15) is 9.94 Å². The molecule has 0 aliphatic heterocycles. The molecule has 0 aliphatic carbocycles. The quantitative estimate of drug-likeness (QED) is 0.759. The van der Waals surface area contributed by atoms with E-state index in [0.717, 1.165) is 17.9 Å². The van der Waals surface area contributed by atoms with Crippen LogP contribution in [0.15, 0.2) is 30.7 Å². The second-order valence-electron chi connectivity index (χ2n) is 4.22. The molecule has 0 fully saturated rings. The number of rotatable bonds is 4. The van der Waals surface area contributed by atoms with Gasteiger partial charge in [0.25, 0.3) is 5.82 Å². The standard InChI is InChI=1S/C13H13N7/c1-2-15-8-10-13(20-9-16-11(7-14)18-20)17-12-5-3-4-6-19(10)12/h3-6,9,15H,2,8H2,1H3. The molecule has 0 bridgehead atoms. The topological polar surface area (TPSA) is 83.8 Å². The summed E-state index contributed by atoms with van der Waals surface area (Å²) in [6, 6.07) is 7.74. The first-order valence-corrected chi connectivity index (χ1v) is 6.32. The van der Waals surface area contributed by atoms with Crippen LogP contribution in [0.2, 0.25) is 0 Å². The molecule has 0 saturated carbocycles. The zero-order chi connectivity index (χ0) is 13.9. The van der Waals surface area contributed by atoms with Crippen molar-refractivity contribution in [3.63, 3.8) is 0 Å². The molecule has 1 N–H and O–H groups in total. The van der Waals surface area contributed by atoms with E-state index in [1.54, 1.807) is 0 Å². The van der Waals surface area contributed by atoms with Crippen molar-refractivity contribution in [2.75, 3.05) is 6.54 Å². The maximum Gasteiger partial charge on any atom is 0.252 e. The molecule has 7 nitrogen and oxygen atoms in total. The minimum absolute atomic E-state index is 0.136. The summed E-state index contributed by atoms with van der Waals surface area (Å²) in [5, 5.41) is 16.2. The molecule has 0 radical (unpaired) electrons. The molecule has 0 spiro atoms. The van der Waals surface area contributed by atoms with Crippen LogP contribution in [0.1, 0.15) is 18.4 Å². The zero-order valence-electron chi connectivity index (χ0n) is 11.0. The van der Waals surface area contributed by atoms with Crippen LogP contribution in [-0.4, -0.2) is 30.7 Å². The molecular formula is C13H13N7. The molecular weight excluding hydrogens is 254 g/mol. The van der Waals surface area contributed by atoms with Gasteiger partial charge in [-0.1, -0.05) is 13.0 Å². The summed E-state index contributed by atoms with van der Waals surface area (Å²) < 4.78 is 3.55. The number of nitrogens with zero attached hydrogens (tertiary/aromatic N) is 6. The Bertz CT molecular complexity index is 777. The summed E-state index contributed by atoms with van der Waals surface area (Å²) in [5.41, 5.74) is 1.82. The van der Waals surface area contributed by atoms with Crippen LogP contribution in [0.4, 0.5) is 0 Å². The van der Waals surface area contributed by atoms with E-state index in [0.29, 0.717) is 12.4 Å². The molecule has 0 aromatic carbocycles. The minimum Gasteiger partial charge on any atom is -0.311 e. The Morgan fingerprint density at radius 3 is 3.05 bits per heavy atom. The number of hydrogen-bond acceptors (Lipinski definition) is 5. The Balaban J connectivity index is 2.15. The van der Waals surface area contributed by atoms with Gasteiger partial charge in [0.1, 0.15) is 18.0 Å². The van der Waals surface area contributed by atoms with Crippen LogP contribution in [0.5, 0.6) is 0 Å². The van der Waals surface area contributed by atoms with Crippen molar-refractivity contribution >= 4 is 5.65 Å². The Morgan fingerprint density at radius 1 is 1.40 bits per heavy atom. The third-order valence-corrected chi connectivity index (χ3v) is 2.96. The molecule has 3 aromatic heterocycles. The van der Waals surface area contributed by atoms with Gasteiger partial charge in [0.2, 0.25) is 0 Å². The lowest BCUT2D eigenvalue weighted by Gasteiger charge is -2.04. The number of imidazole rings is 1. The van der Waals surface area contributed by atoms with Crippen molar-refractivity contribution in [2.24, 2.45) is 0 Å². The maximum atomic E-state index is 8.82. The second-order valence-corrected chi connectivity index (χ2v) is 4.22. The molecule has 0 atom stereocenters. The summed E-state index contributed by atoms with van der Waals surface area (Å²) >= 11 is 0. The lowest BCUT2D eigenvalue weighted by atomic mass is 10.4. The third kappa shape index (κ3) is 2.02. The van der Waals surface area contributed by atoms with Gasteiger partial charge >= 0.3 is 0 Å². The molecule has 0 unspecified atom stereocenters. The van der Waals surface area contributed by atoms with Crippen molar-refractivity contribution in [3.8, 4) is 11.9 Å². The lowest BCUT2D eigenvalue weighted by molar-refractivity contribution is 0.694. The number of aromatic nitrogens is 5. The molecule has 0 amide bonds. The van der Waals surface area contributed by atoms with Crippen molar-refractivity contribution in [1.29, 1.82) is 5.26 Å². The highest BCUT2D eigenvalue weighted by molar-refractivity contribution is 5.48. The number of nitrogens with one attached hydrogen (secondary N) is 1. The van der Waals surface area contributed by atoms with Gasteiger partial charge in [0.15, 0.2) is 5.82 Å². The summed E-state index contributed by atoms with van der Waals surface area (Å²) in [6.07, 6.45) is 3.47. The fourth-order valence-corrected chi connectivity index (χ4v) is 2.04. The van der Waals surface area contributed by atoms with Gasteiger partial charge < -0.3 is 9.72 Å². The van der Waals surface area contributed by atoms with E-state index in [-0.39, 0.29) is 5.82 Å². The fraction of sp³-hybridized carbons (Fsp3) is 0.231. The summed E-state index contributed by atoms with van der Waals surface area (Å²) in [5.74, 6) is 0.822. The maximum absolute atomic E-state index is 8.82. The summed E-state index contributed by atoms with van der Waals surface area (Å²) in [7, 11) is 0. The third-order valence-electron chi connectivity index (χ3n) is 2.96. The average Bonchev–Trinajstić information content (AvgIpc) is 3.09. The van der Waals surface area contributed by atoms with E-state index < -0.39 is 0 Å². The molecule has 20 heavy (non-hydrogen) atoms. The van der Waals surface area contributed by atoms with E-state index in [9.17, 15) is 0 Å². The molecule has 0 saturated heterocycles. The fourth-order valence-electron chi connectivity index (χ4n) is 2.04. The van der Waals surface area contributed by atoms with Crippen LogP contribution in [0, 0.1) is 11.3 Å². The average molecular weight is 267 g/mol. The number of fused-ring (bicyclic) bond motifs is 1. The molecule has 100 valence electrons. The van der Waals surface area contributed by atoms with Gasteiger partial charge in [-0.3, -0.25) is 0 Å². The number of nitriles is 1. The van der Waals surface area contributed by atoms with Gasteiger partial charge in [-0.15, -0.1) is 5.10 Å². The molecule has 0 aliphatic rings. The highest BCUT2D eigenvalue weighted by Gasteiger charge is 2.14. The molecule has 3 heterocycles. The zero-order valence-corrected chi connectivity index (χ0v) is 11.0. The van der Waals surface area contributed by atoms with Crippen molar-refractivity contribution < 1.29 is 0 Å². The highest BCUT2D eigenvalue weighted by atomic mass is 15.4. The predicted octanol–water partition coefficient (Wildman–Crippen LogP) is 0.896. The Kier molecular flexibility index (Phi) is 3.15. The van der Waals surface area contributed by atoms with Gasteiger partial charge in [-0.05, 0) is 18.7 Å². The number of hydrogen-bond donors (Lipinski definition) is 1. The van der Waals surface area contributed by atoms with Crippen molar-refractivity contribution in [2.45, 2.75) is 13.5 Å². The van der Waals surface area contributed by atoms with E-state index in [4.69, 9.17) is 5.26 Å². The smallest absolute Gasteiger partial charge is 0.252 e. The van der Waals surface area contributed by atoms with Gasteiger partial charge in [0.05, 0.1) is 5.69 Å². The first-order valence-electron chi connectivity index (χ1n) is 6.32. The van der Waals surface area contributed by atoms with E-state index in [1.165, 1.54) is 11.0 Å². The van der Waals surface area contributed by atoms with Crippen LogP contribution < -0.4 is 5.32 Å². The Labute approximate surface area is 115 Å². The second kappa shape index (κ2) is 5.11. The van der Waals surface area contributed by atoms with E-state index in [2.05, 4.69) is 20.4 Å². The Hall–Kier alpha value is -2.72. The first kappa shape index (κ1) is 12.3. The normalized spacial score (nSPS) is 10.8. The molecule has 3 aromatic rings. The summed E-state index contributed by atoms with van der Waals surface area (Å²) in [4.78, 5) is 8.48. The largest absolute Gasteiger partial charge is 0.311 e. The van der Waals surface area contributed by atoms with E-state index >= 15 is 0 Å². The van der Waals surface area contributed by atoms with Crippen molar-refractivity contribution in [1.82, 2.24) is 29.5 Å². The van der Waals surface area contributed by atoms with Gasteiger partial charge in [0, 0.05) is 12.7 Å². The highest BCUT2D eigenvalue weighted by Crippen LogP contribution is 2.16. The van der Waals surface area contributed by atoms with Crippen LogP contribution in [0.25, 0.3) is 11.5 Å². The van der Waals surface area contributed by atoms with Gasteiger partial charge in [-0.25, -0.2) is 9.97 Å². The molecule has 3 rings (SSSR count). The minimum atomic E-state index is 0.136. The number of pyridine rings is 1. The van der Waals surface area contributed by atoms with Crippen LogP contribution in [0.3, 0.4) is 0 Å². The molecule has 7 heteroatoms. The Morgan fingerprint density at radius 2 is 2.30 bits per heavy atom.